The highest BCUT2D eigenvalue weighted by Gasteiger charge is 2.07. The number of benzene rings is 2. The third-order valence-corrected chi connectivity index (χ3v) is 4.39. The van der Waals surface area contributed by atoms with E-state index in [0.717, 1.165) is 16.5 Å². The largest absolute Gasteiger partial charge is 0.256 e. The molecular formula is C16H12FNO2S. The van der Waals surface area contributed by atoms with Gasteiger partial charge in [0, 0.05) is 29.5 Å². The average molecular weight is 301 g/mol. The molecule has 0 saturated carbocycles. The standard InChI is InChI=1S/C16H12FNO2S/c1-21(19,20)15-6-3-11(4-7-15)13-8-12-2-5-14(17)9-16(12)18-10-13/h2-10H,1H3. The van der Waals surface area contributed by atoms with Gasteiger partial charge in [-0.2, -0.15) is 0 Å². The number of nitrogens with zero attached hydrogens (tertiary/aromatic N) is 1. The van der Waals surface area contributed by atoms with Gasteiger partial charge in [-0.05, 0) is 35.9 Å². The Morgan fingerprint density at radius 1 is 0.952 bits per heavy atom. The minimum atomic E-state index is -3.20. The van der Waals surface area contributed by atoms with Gasteiger partial charge in [0.2, 0.25) is 0 Å². The first-order valence-corrected chi connectivity index (χ1v) is 8.18. The van der Waals surface area contributed by atoms with Crippen LogP contribution in [-0.4, -0.2) is 19.7 Å². The number of halogens is 1. The number of hydrogen-bond donors (Lipinski definition) is 0. The molecule has 1 heterocycles. The Balaban J connectivity index is 2.06. The summed E-state index contributed by atoms with van der Waals surface area (Å²) in [6.45, 7) is 0. The minimum Gasteiger partial charge on any atom is -0.256 e. The summed E-state index contributed by atoms with van der Waals surface area (Å²) in [5, 5.41) is 0.834. The van der Waals surface area contributed by atoms with Crippen LogP contribution in [0.5, 0.6) is 0 Å². The molecule has 0 fully saturated rings. The van der Waals surface area contributed by atoms with Gasteiger partial charge in [0.25, 0.3) is 0 Å². The molecule has 3 nitrogen and oxygen atoms in total. The lowest BCUT2D eigenvalue weighted by atomic mass is 10.1. The first kappa shape index (κ1) is 13.7. The fourth-order valence-electron chi connectivity index (χ4n) is 2.15. The summed E-state index contributed by atoms with van der Waals surface area (Å²) < 4.78 is 36.0. The summed E-state index contributed by atoms with van der Waals surface area (Å²) in [6.07, 6.45) is 2.82. The van der Waals surface area contributed by atoms with E-state index in [9.17, 15) is 12.8 Å². The van der Waals surface area contributed by atoms with Crippen molar-refractivity contribution in [2.45, 2.75) is 4.90 Å². The molecule has 1 aromatic heterocycles. The van der Waals surface area contributed by atoms with Crippen LogP contribution in [0.3, 0.4) is 0 Å². The van der Waals surface area contributed by atoms with Gasteiger partial charge in [0.1, 0.15) is 5.82 Å². The smallest absolute Gasteiger partial charge is 0.175 e. The Labute approximate surface area is 122 Å². The Bertz CT molecular complexity index is 919. The zero-order valence-corrected chi connectivity index (χ0v) is 12.1. The molecule has 5 heteroatoms. The van der Waals surface area contributed by atoms with Crippen LogP contribution in [0.4, 0.5) is 4.39 Å². The van der Waals surface area contributed by atoms with Crippen LogP contribution in [-0.2, 0) is 9.84 Å². The van der Waals surface area contributed by atoms with Crippen molar-refractivity contribution in [3.63, 3.8) is 0 Å². The number of rotatable bonds is 2. The fourth-order valence-corrected chi connectivity index (χ4v) is 2.78. The molecule has 106 valence electrons. The summed E-state index contributed by atoms with van der Waals surface area (Å²) in [6, 6.07) is 13.0. The van der Waals surface area contributed by atoms with Crippen LogP contribution in [0, 0.1) is 5.82 Å². The number of pyridine rings is 1. The fraction of sp³-hybridized carbons (Fsp3) is 0.0625. The van der Waals surface area contributed by atoms with Crippen LogP contribution >= 0.6 is 0 Å². The minimum absolute atomic E-state index is 0.280. The molecule has 0 aliphatic heterocycles. The molecule has 3 rings (SSSR count). The molecule has 0 unspecified atom stereocenters. The summed E-state index contributed by atoms with van der Waals surface area (Å²) in [4.78, 5) is 4.51. The maximum absolute atomic E-state index is 13.1. The van der Waals surface area contributed by atoms with E-state index in [1.165, 1.54) is 18.4 Å². The predicted molar refractivity (Wildman–Crippen MR) is 80.2 cm³/mol. The van der Waals surface area contributed by atoms with Crippen LogP contribution in [0.15, 0.2) is 59.6 Å². The molecule has 0 saturated heterocycles. The van der Waals surface area contributed by atoms with Crippen molar-refractivity contribution < 1.29 is 12.8 Å². The van der Waals surface area contributed by atoms with E-state index < -0.39 is 9.84 Å². The molecule has 3 aromatic rings. The number of fused-ring (bicyclic) bond motifs is 1. The van der Waals surface area contributed by atoms with E-state index in [1.54, 1.807) is 36.5 Å². The van der Waals surface area contributed by atoms with E-state index in [1.807, 2.05) is 6.07 Å². The quantitative estimate of drug-likeness (QED) is 0.728. The summed E-state index contributed by atoms with van der Waals surface area (Å²) in [5.74, 6) is -0.319. The normalized spacial score (nSPS) is 11.7. The van der Waals surface area contributed by atoms with Gasteiger partial charge in [0.05, 0.1) is 10.4 Å². The van der Waals surface area contributed by atoms with Crippen molar-refractivity contribution in [1.29, 1.82) is 0 Å². The van der Waals surface area contributed by atoms with Gasteiger partial charge in [-0.25, -0.2) is 12.8 Å². The molecule has 0 radical (unpaired) electrons. The molecule has 0 bridgehead atoms. The highest BCUT2D eigenvalue weighted by molar-refractivity contribution is 7.90. The topological polar surface area (TPSA) is 47.0 Å². The molecule has 21 heavy (non-hydrogen) atoms. The second-order valence-corrected chi connectivity index (χ2v) is 6.87. The molecule has 0 atom stereocenters. The van der Waals surface area contributed by atoms with Crippen molar-refractivity contribution in [2.24, 2.45) is 0 Å². The maximum atomic E-state index is 13.1. The SMILES string of the molecule is CS(=O)(=O)c1ccc(-c2cnc3cc(F)ccc3c2)cc1. The van der Waals surface area contributed by atoms with E-state index in [4.69, 9.17) is 0 Å². The Kier molecular flexibility index (Phi) is 3.22. The Morgan fingerprint density at radius 3 is 2.33 bits per heavy atom. The summed E-state index contributed by atoms with van der Waals surface area (Å²) >= 11 is 0. The third kappa shape index (κ3) is 2.78. The van der Waals surface area contributed by atoms with Crippen molar-refractivity contribution in [2.75, 3.05) is 6.26 Å². The second kappa shape index (κ2) is 4.93. The first-order chi connectivity index (χ1) is 9.93. The molecular weight excluding hydrogens is 289 g/mol. The van der Waals surface area contributed by atoms with Gasteiger partial charge in [-0.3, -0.25) is 4.98 Å². The van der Waals surface area contributed by atoms with Crippen molar-refractivity contribution >= 4 is 20.7 Å². The van der Waals surface area contributed by atoms with Gasteiger partial charge >= 0.3 is 0 Å². The molecule has 0 aliphatic rings. The highest BCUT2D eigenvalue weighted by Crippen LogP contribution is 2.24. The highest BCUT2D eigenvalue weighted by atomic mass is 32.2. The van der Waals surface area contributed by atoms with Crippen molar-refractivity contribution in [3.8, 4) is 11.1 Å². The number of sulfone groups is 1. The van der Waals surface area contributed by atoms with Gasteiger partial charge in [-0.1, -0.05) is 12.1 Å². The second-order valence-electron chi connectivity index (χ2n) is 4.86. The molecule has 0 aliphatic carbocycles. The number of hydrogen-bond acceptors (Lipinski definition) is 3. The summed E-state index contributed by atoms with van der Waals surface area (Å²) in [5.41, 5.74) is 2.31. The van der Waals surface area contributed by atoms with Crippen LogP contribution in [0.1, 0.15) is 0 Å². The molecule has 0 spiro atoms. The van der Waals surface area contributed by atoms with Crippen molar-refractivity contribution in [3.05, 3.63) is 60.5 Å². The van der Waals surface area contributed by atoms with E-state index >= 15 is 0 Å². The van der Waals surface area contributed by atoms with Crippen LogP contribution < -0.4 is 0 Å². The van der Waals surface area contributed by atoms with E-state index in [-0.39, 0.29) is 10.7 Å². The monoisotopic (exact) mass is 301 g/mol. The van der Waals surface area contributed by atoms with Crippen LogP contribution in [0.25, 0.3) is 22.0 Å². The summed E-state index contributed by atoms with van der Waals surface area (Å²) in [7, 11) is -3.20. The number of aromatic nitrogens is 1. The lowest BCUT2D eigenvalue weighted by molar-refractivity contribution is 0.602. The molecule has 0 N–H and O–H groups in total. The lowest BCUT2D eigenvalue weighted by Crippen LogP contribution is -1.96. The van der Waals surface area contributed by atoms with Crippen LogP contribution in [0.2, 0.25) is 0 Å². The predicted octanol–water partition coefficient (Wildman–Crippen LogP) is 3.44. The van der Waals surface area contributed by atoms with Crippen molar-refractivity contribution in [1.82, 2.24) is 4.98 Å². The third-order valence-electron chi connectivity index (χ3n) is 3.26. The Hall–Kier alpha value is -2.27. The van der Waals surface area contributed by atoms with Gasteiger partial charge < -0.3 is 0 Å². The maximum Gasteiger partial charge on any atom is 0.175 e. The van der Waals surface area contributed by atoms with E-state index in [0.29, 0.717) is 5.52 Å². The molecule has 0 amide bonds. The van der Waals surface area contributed by atoms with Gasteiger partial charge in [0.15, 0.2) is 9.84 Å². The Morgan fingerprint density at radius 2 is 1.67 bits per heavy atom. The lowest BCUT2D eigenvalue weighted by Gasteiger charge is -2.05. The zero-order valence-electron chi connectivity index (χ0n) is 11.2. The zero-order chi connectivity index (χ0) is 15.0. The first-order valence-electron chi connectivity index (χ1n) is 6.29. The van der Waals surface area contributed by atoms with Gasteiger partial charge in [-0.15, -0.1) is 0 Å². The molecule has 2 aromatic carbocycles. The van der Waals surface area contributed by atoms with E-state index in [2.05, 4.69) is 4.98 Å². The average Bonchev–Trinajstić information content (AvgIpc) is 2.46.